The first-order valence-electron chi connectivity index (χ1n) is 10.6. The number of rotatable bonds is 6. The number of aryl methyl sites for hydroxylation is 2. The van der Waals surface area contributed by atoms with E-state index in [0.29, 0.717) is 37.0 Å². The van der Waals surface area contributed by atoms with Gasteiger partial charge in [0.25, 0.3) is 5.91 Å². The molecular formula is C23H27N5O3. The van der Waals surface area contributed by atoms with E-state index in [4.69, 9.17) is 9.26 Å². The predicted octanol–water partition coefficient (Wildman–Crippen LogP) is 3.57. The number of nitrogens with zero attached hydrogens (tertiary/aromatic N) is 5. The summed E-state index contributed by atoms with van der Waals surface area (Å²) in [6, 6.07) is 7.73. The zero-order valence-corrected chi connectivity index (χ0v) is 18.3. The molecule has 31 heavy (non-hydrogen) atoms. The van der Waals surface area contributed by atoms with Crippen LogP contribution in [0, 0.1) is 6.92 Å². The van der Waals surface area contributed by atoms with E-state index in [1.807, 2.05) is 56.9 Å². The van der Waals surface area contributed by atoms with Crippen molar-refractivity contribution in [3.05, 3.63) is 53.9 Å². The summed E-state index contributed by atoms with van der Waals surface area (Å²) in [6.45, 7) is 8.78. The van der Waals surface area contributed by atoms with Crippen molar-refractivity contribution in [3.63, 3.8) is 0 Å². The third kappa shape index (κ3) is 4.42. The van der Waals surface area contributed by atoms with Gasteiger partial charge in [0.15, 0.2) is 5.60 Å². The lowest BCUT2D eigenvalue weighted by Crippen LogP contribution is -2.48. The highest BCUT2D eigenvalue weighted by Gasteiger charge is 2.39. The minimum absolute atomic E-state index is 0.0417. The van der Waals surface area contributed by atoms with Gasteiger partial charge in [-0.05, 0) is 44.9 Å². The number of likely N-dealkylation sites (tertiary alicyclic amines) is 1. The maximum Gasteiger partial charge on any atom is 0.266 e. The molecule has 1 amide bonds. The fourth-order valence-corrected chi connectivity index (χ4v) is 3.91. The Hall–Kier alpha value is -3.29. The van der Waals surface area contributed by atoms with Gasteiger partial charge in [0.05, 0.1) is 11.3 Å². The average Bonchev–Trinajstić information content (AvgIpc) is 3.43. The molecule has 3 heterocycles. The highest BCUT2D eigenvalue weighted by Crippen LogP contribution is 2.33. The number of hydrogen-bond donors (Lipinski definition) is 0. The SMILES string of the molecule is CCc1nc(-c2cncnc2[C@H]2CCN(C(=O)C(C)(C)Oc3cccc(C)c3)C2)no1. The van der Waals surface area contributed by atoms with Crippen LogP contribution in [0.1, 0.15) is 50.3 Å². The molecular weight excluding hydrogens is 394 g/mol. The van der Waals surface area contributed by atoms with Gasteiger partial charge < -0.3 is 14.2 Å². The molecule has 1 atom stereocenters. The highest BCUT2D eigenvalue weighted by atomic mass is 16.5. The van der Waals surface area contributed by atoms with Crippen LogP contribution in [0.4, 0.5) is 0 Å². The molecule has 0 aliphatic carbocycles. The van der Waals surface area contributed by atoms with Gasteiger partial charge >= 0.3 is 0 Å². The van der Waals surface area contributed by atoms with Gasteiger partial charge in [0, 0.05) is 31.6 Å². The number of aromatic nitrogens is 4. The second kappa shape index (κ2) is 8.45. The lowest BCUT2D eigenvalue weighted by Gasteiger charge is -2.30. The Morgan fingerprint density at radius 2 is 2.19 bits per heavy atom. The fraction of sp³-hybridized carbons (Fsp3) is 0.435. The van der Waals surface area contributed by atoms with Gasteiger partial charge in [-0.15, -0.1) is 0 Å². The second-order valence-electron chi connectivity index (χ2n) is 8.35. The van der Waals surface area contributed by atoms with Gasteiger partial charge in [-0.2, -0.15) is 4.98 Å². The second-order valence-corrected chi connectivity index (χ2v) is 8.35. The Balaban J connectivity index is 1.50. The van der Waals surface area contributed by atoms with Crippen molar-refractivity contribution in [3.8, 4) is 17.1 Å². The van der Waals surface area contributed by atoms with Gasteiger partial charge in [-0.3, -0.25) is 4.79 Å². The summed E-state index contributed by atoms with van der Waals surface area (Å²) in [5.41, 5.74) is 1.71. The predicted molar refractivity (Wildman–Crippen MR) is 115 cm³/mol. The highest BCUT2D eigenvalue weighted by molar-refractivity contribution is 5.85. The molecule has 8 heteroatoms. The van der Waals surface area contributed by atoms with E-state index in [1.54, 1.807) is 6.20 Å². The van der Waals surface area contributed by atoms with Crippen molar-refractivity contribution < 1.29 is 14.1 Å². The zero-order chi connectivity index (χ0) is 22.0. The number of amides is 1. The van der Waals surface area contributed by atoms with Crippen LogP contribution < -0.4 is 4.74 Å². The van der Waals surface area contributed by atoms with Crippen LogP contribution >= 0.6 is 0 Å². The first kappa shape index (κ1) is 21.0. The minimum atomic E-state index is -0.971. The quantitative estimate of drug-likeness (QED) is 0.600. The van der Waals surface area contributed by atoms with Crippen molar-refractivity contribution in [2.24, 2.45) is 0 Å². The molecule has 4 rings (SSSR count). The van der Waals surface area contributed by atoms with E-state index < -0.39 is 5.60 Å². The van der Waals surface area contributed by atoms with Crippen LogP contribution in [-0.4, -0.2) is 49.6 Å². The number of hydrogen-bond acceptors (Lipinski definition) is 7. The van der Waals surface area contributed by atoms with Crippen LogP contribution in [0.5, 0.6) is 5.75 Å². The largest absolute Gasteiger partial charge is 0.478 e. The summed E-state index contributed by atoms with van der Waals surface area (Å²) in [5.74, 6) is 1.78. The van der Waals surface area contributed by atoms with Crippen molar-refractivity contribution in [2.45, 2.75) is 52.1 Å². The average molecular weight is 422 g/mol. The number of benzene rings is 1. The zero-order valence-electron chi connectivity index (χ0n) is 18.3. The normalized spacial score (nSPS) is 16.5. The van der Waals surface area contributed by atoms with E-state index in [9.17, 15) is 4.79 Å². The van der Waals surface area contributed by atoms with Gasteiger partial charge in [-0.25, -0.2) is 9.97 Å². The lowest BCUT2D eigenvalue weighted by atomic mass is 10.00. The van der Waals surface area contributed by atoms with Crippen molar-refractivity contribution in [1.29, 1.82) is 0 Å². The van der Waals surface area contributed by atoms with Gasteiger partial charge in [0.1, 0.15) is 12.1 Å². The smallest absolute Gasteiger partial charge is 0.266 e. The molecule has 1 fully saturated rings. The van der Waals surface area contributed by atoms with Crippen LogP contribution in [0.2, 0.25) is 0 Å². The van der Waals surface area contributed by atoms with Crippen LogP contribution in [0.25, 0.3) is 11.4 Å². The van der Waals surface area contributed by atoms with E-state index in [2.05, 4.69) is 20.1 Å². The first-order valence-corrected chi connectivity index (χ1v) is 10.6. The Morgan fingerprint density at radius 1 is 1.35 bits per heavy atom. The van der Waals surface area contributed by atoms with Gasteiger partial charge in [-0.1, -0.05) is 24.2 Å². The van der Waals surface area contributed by atoms with Crippen LogP contribution in [0.15, 0.2) is 41.3 Å². The minimum Gasteiger partial charge on any atom is -0.478 e. The number of carbonyl (C=O) groups is 1. The van der Waals surface area contributed by atoms with Crippen molar-refractivity contribution >= 4 is 5.91 Å². The molecule has 162 valence electrons. The molecule has 1 aliphatic heterocycles. The molecule has 0 bridgehead atoms. The number of ether oxygens (including phenoxy) is 1. The summed E-state index contributed by atoms with van der Waals surface area (Å²) in [4.78, 5) is 28.2. The fourth-order valence-electron chi connectivity index (χ4n) is 3.91. The maximum atomic E-state index is 13.3. The summed E-state index contributed by atoms with van der Waals surface area (Å²) in [5, 5.41) is 4.07. The molecule has 0 N–H and O–H groups in total. The molecule has 2 aromatic heterocycles. The molecule has 0 spiro atoms. The monoisotopic (exact) mass is 421 g/mol. The lowest BCUT2D eigenvalue weighted by molar-refractivity contribution is -0.144. The standard InChI is InChI=1S/C23H27N5O3/c1-5-19-26-21(27-31-19)18-12-24-14-25-20(18)16-9-10-28(13-16)22(29)23(3,4)30-17-8-6-7-15(2)11-17/h6-8,11-12,14,16H,5,9-10,13H2,1-4H3/t16-/m0/s1. The Labute approximate surface area is 181 Å². The summed E-state index contributed by atoms with van der Waals surface area (Å²) >= 11 is 0. The molecule has 0 radical (unpaired) electrons. The molecule has 1 aliphatic rings. The molecule has 0 saturated carbocycles. The summed E-state index contributed by atoms with van der Waals surface area (Å²) in [7, 11) is 0. The van der Waals surface area contributed by atoms with Crippen LogP contribution in [-0.2, 0) is 11.2 Å². The summed E-state index contributed by atoms with van der Waals surface area (Å²) in [6.07, 6.45) is 4.70. The van der Waals surface area contributed by atoms with Crippen LogP contribution in [0.3, 0.4) is 0 Å². The van der Waals surface area contributed by atoms with Crippen molar-refractivity contribution in [1.82, 2.24) is 25.0 Å². The van der Waals surface area contributed by atoms with E-state index in [0.717, 1.165) is 23.2 Å². The Kier molecular flexibility index (Phi) is 5.71. The molecule has 8 nitrogen and oxygen atoms in total. The van der Waals surface area contributed by atoms with E-state index in [1.165, 1.54) is 6.33 Å². The third-order valence-corrected chi connectivity index (χ3v) is 5.49. The van der Waals surface area contributed by atoms with Gasteiger partial charge in [0.2, 0.25) is 11.7 Å². The topological polar surface area (TPSA) is 94.2 Å². The molecule has 3 aromatic rings. The Morgan fingerprint density at radius 3 is 2.94 bits per heavy atom. The summed E-state index contributed by atoms with van der Waals surface area (Å²) < 4.78 is 11.3. The number of carbonyl (C=O) groups excluding carboxylic acids is 1. The maximum absolute atomic E-state index is 13.3. The van der Waals surface area contributed by atoms with E-state index >= 15 is 0 Å². The molecule has 1 saturated heterocycles. The third-order valence-electron chi connectivity index (χ3n) is 5.49. The van der Waals surface area contributed by atoms with Crippen molar-refractivity contribution in [2.75, 3.05) is 13.1 Å². The molecule has 1 aromatic carbocycles. The molecule has 0 unspecified atom stereocenters. The first-order chi connectivity index (χ1) is 14.9. The Bertz CT molecular complexity index is 1080. The van der Waals surface area contributed by atoms with E-state index in [-0.39, 0.29) is 11.8 Å².